The van der Waals surface area contributed by atoms with Crippen LogP contribution in [-0.4, -0.2) is 62.3 Å². The van der Waals surface area contributed by atoms with Crippen molar-refractivity contribution < 1.29 is 4.74 Å². The van der Waals surface area contributed by atoms with Gasteiger partial charge in [0.15, 0.2) is 5.96 Å². The van der Waals surface area contributed by atoms with Gasteiger partial charge in [-0.25, -0.2) is 4.98 Å². The van der Waals surface area contributed by atoms with Gasteiger partial charge in [-0.2, -0.15) is 0 Å². The van der Waals surface area contributed by atoms with E-state index in [1.54, 1.807) is 18.4 Å². The molecule has 1 aromatic rings. The average molecular weight is 467 g/mol. The van der Waals surface area contributed by atoms with E-state index in [9.17, 15) is 0 Å². The van der Waals surface area contributed by atoms with E-state index in [-0.39, 0.29) is 24.0 Å². The summed E-state index contributed by atoms with van der Waals surface area (Å²) in [6.07, 6.45) is 0. The molecular weight excluding hydrogens is 437 g/mol. The minimum absolute atomic E-state index is 0. The van der Waals surface area contributed by atoms with Crippen molar-refractivity contribution in [3.05, 3.63) is 15.6 Å². The second kappa shape index (κ2) is 11.2. The monoisotopic (exact) mass is 467 g/mol. The van der Waals surface area contributed by atoms with Gasteiger partial charge in [0, 0.05) is 38.1 Å². The first kappa shape index (κ1) is 21.6. The summed E-state index contributed by atoms with van der Waals surface area (Å²) in [5.74, 6) is 1.40. The lowest BCUT2D eigenvalue weighted by Gasteiger charge is -2.29. The first-order valence-electron chi connectivity index (χ1n) is 8.26. The highest BCUT2D eigenvalue weighted by molar-refractivity contribution is 14.0. The molecule has 0 spiro atoms. The van der Waals surface area contributed by atoms with Gasteiger partial charge in [-0.3, -0.25) is 9.89 Å². The number of nitrogens with zero attached hydrogens (tertiary/aromatic N) is 3. The van der Waals surface area contributed by atoms with Crippen LogP contribution in [0.4, 0.5) is 0 Å². The number of halogens is 1. The van der Waals surface area contributed by atoms with Crippen LogP contribution in [0.2, 0.25) is 0 Å². The zero-order valence-electron chi connectivity index (χ0n) is 15.1. The molecule has 1 atom stereocenters. The van der Waals surface area contributed by atoms with Gasteiger partial charge in [-0.05, 0) is 19.8 Å². The lowest BCUT2D eigenvalue weighted by atomic mass is 10.1. The van der Waals surface area contributed by atoms with Crippen LogP contribution in [0.25, 0.3) is 0 Å². The quantitative estimate of drug-likeness (QED) is 0.381. The van der Waals surface area contributed by atoms with E-state index >= 15 is 0 Å². The Morgan fingerprint density at radius 3 is 2.62 bits per heavy atom. The fraction of sp³-hybridized carbons (Fsp3) is 0.750. The fourth-order valence-electron chi connectivity index (χ4n) is 2.55. The normalized spacial score (nSPS) is 17.2. The molecule has 0 radical (unpaired) electrons. The predicted molar refractivity (Wildman–Crippen MR) is 112 cm³/mol. The lowest BCUT2D eigenvalue weighted by Crippen LogP contribution is -2.43. The predicted octanol–water partition coefficient (Wildman–Crippen LogP) is 2.01. The summed E-state index contributed by atoms with van der Waals surface area (Å²) in [4.78, 5) is 12.6. The summed E-state index contributed by atoms with van der Waals surface area (Å²) >= 11 is 1.74. The number of ether oxygens (including phenoxy) is 1. The zero-order valence-corrected chi connectivity index (χ0v) is 18.2. The molecule has 24 heavy (non-hydrogen) atoms. The molecule has 1 unspecified atom stereocenters. The highest BCUT2D eigenvalue weighted by Crippen LogP contribution is 2.15. The first-order chi connectivity index (χ1) is 11.1. The van der Waals surface area contributed by atoms with Crippen molar-refractivity contribution in [3.63, 3.8) is 0 Å². The number of aromatic nitrogens is 1. The third kappa shape index (κ3) is 7.20. The summed E-state index contributed by atoms with van der Waals surface area (Å²) in [6, 6.07) is 0. The minimum atomic E-state index is 0. The molecule has 1 saturated heterocycles. The fourth-order valence-corrected chi connectivity index (χ4v) is 3.43. The van der Waals surface area contributed by atoms with Crippen LogP contribution in [0.5, 0.6) is 0 Å². The van der Waals surface area contributed by atoms with E-state index in [1.807, 2.05) is 0 Å². The van der Waals surface area contributed by atoms with Crippen molar-refractivity contribution in [2.24, 2.45) is 10.9 Å². The van der Waals surface area contributed by atoms with E-state index in [2.05, 4.69) is 46.3 Å². The maximum atomic E-state index is 5.39. The molecule has 0 amide bonds. The highest BCUT2D eigenvalue weighted by Gasteiger charge is 2.14. The number of rotatable bonds is 6. The Labute approximate surface area is 166 Å². The van der Waals surface area contributed by atoms with E-state index in [1.165, 1.54) is 4.88 Å². The molecule has 0 aromatic carbocycles. The molecular formula is C16H30IN5OS. The summed E-state index contributed by atoms with van der Waals surface area (Å²) < 4.78 is 5.39. The standard InChI is InChI=1S/C16H29N5OS.HI/c1-12(11-21-5-7-22-8-6-21)9-18-16(17-4)19-10-15-20-13(2)14(3)23-15;/h12H,5-11H2,1-4H3,(H2,17,18,19);1H. The summed E-state index contributed by atoms with van der Waals surface area (Å²) in [6.45, 7) is 12.9. The lowest BCUT2D eigenvalue weighted by molar-refractivity contribution is 0.0320. The van der Waals surface area contributed by atoms with Gasteiger partial charge in [0.1, 0.15) is 5.01 Å². The van der Waals surface area contributed by atoms with Crippen LogP contribution >= 0.6 is 35.3 Å². The number of morpholine rings is 1. The Morgan fingerprint density at radius 2 is 2.04 bits per heavy atom. The van der Waals surface area contributed by atoms with E-state index in [0.717, 1.165) is 62.6 Å². The molecule has 1 aliphatic rings. The van der Waals surface area contributed by atoms with Crippen molar-refractivity contribution in [3.8, 4) is 0 Å². The van der Waals surface area contributed by atoms with Crippen molar-refractivity contribution in [1.82, 2.24) is 20.5 Å². The van der Waals surface area contributed by atoms with Gasteiger partial charge in [0.2, 0.25) is 0 Å². The SMILES string of the molecule is CN=C(NCc1nc(C)c(C)s1)NCC(C)CN1CCOCC1.I. The largest absolute Gasteiger partial charge is 0.379 e. The Bertz CT molecular complexity index is 497. The molecule has 6 nitrogen and oxygen atoms in total. The summed E-state index contributed by atoms with van der Waals surface area (Å²) in [7, 11) is 1.81. The molecule has 2 N–H and O–H groups in total. The summed E-state index contributed by atoms with van der Waals surface area (Å²) in [5, 5.41) is 7.85. The van der Waals surface area contributed by atoms with Crippen LogP contribution in [-0.2, 0) is 11.3 Å². The van der Waals surface area contributed by atoms with Gasteiger partial charge in [-0.15, -0.1) is 35.3 Å². The number of guanidine groups is 1. The molecule has 2 heterocycles. The van der Waals surface area contributed by atoms with Gasteiger partial charge < -0.3 is 15.4 Å². The van der Waals surface area contributed by atoms with E-state index in [4.69, 9.17) is 4.74 Å². The average Bonchev–Trinajstić information content (AvgIpc) is 2.87. The molecule has 138 valence electrons. The molecule has 0 bridgehead atoms. The van der Waals surface area contributed by atoms with Crippen LogP contribution in [0, 0.1) is 19.8 Å². The van der Waals surface area contributed by atoms with Gasteiger partial charge >= 0.3 is 0 Å². The van der Waals surface area contributed by atoms with E-state index in [0.29, 0.717) is 5.92 Å². The Kier molecular flexibility index (Phi) is 10.1. The molecule has 1 aromatic heterocycles. The van der Waals surface area contributed by atoms with Gasteiger partial charge in [0.25, 0.3) is 0 Å². The third-order valence-corrected chi connectivity index (χ3v) is 5.07. The number of hydrogen-bond acceptors (Lipinski definition) is 5. The molecule has 0 saturated carbocycles. The second-order valence-corrected chi connectivity index (χ2v) is 7.36. The van der Waals surface area contributed by atoms with Crippen molar-refractivity contribution in [1.29, 1.82) is 0 Å². The molecule has 2 rings (SSSR count). The van der Waals surface area contributed by atoms with E-state index < -0.39 is 0 Å². The van der Waals surface area contributed by atoms with Crippen molar-refractivity contribution in [2.45, 2.75) is 27.3 Å². The molecule has 1 aliphatic heterocycles. The minimum Gasteiger partial charge on any atom is -0.379 e. The Balaban J connectivity index is 0.00000288. The number of aliphatic imine (C=N–C) groups is 1. The summed E-state index contributed by atoms with van der Waals surface area (Å²) in [5.41, 5.74) is 1.12. The first-order valence-corrected chi connectivity index (χ1v) is 9.07. The smallest absolute Gasteiger partial charge is 0.191 e. The van der Waals surface area contributed by atoms with Crippen LogP contribution in [0.15, 0.2) is 4.99 Å². The Morgan fingerprint density at radius 1 is 1.33 bits per heavy atom. The number of thiazole rings is 1. The number of hydrogen-bond donors (Lipinski definition) is 2. The van der Waals surface area contributed by atoms with Gasteiger partial charge in [0.05, 0.1) is 25.5 Å². The maximum Gasteiger partial charge on any atom is 0.191 e. The van der Waals surface area contributed by atoms with Crippen LogP contribution in [0.1, 0.15) is 22.5 Å². The van der Waals surface area contributed by atoms with Gasteiger partial charge in [-0.1, -0.05) is 6.92 Å². The Hall–Kier alpha value is -0.450. The molecule has 1 fully saturated rings. The van der Waals surface area contributed by atoms with Crippen LogP contribution < -0.4 is 10.6 Å². The number of aryl methyl sites for hydroxylation is 2. The van der Waals surface area contributed by atoms with Crippen molar-refractivity contribution >= 4 is 41.3 Å². The molecule has 0 aliphatic carbocycles. The van der Waals surface area contributed by atoms with Crippen molar-refractivity contribution in [2.75, 3.05) is 46.4 Å². The third-order valence-electron chi connectivity index (χ3n) is 4.00. The maximum absolute atomic E-state index is 5.39. The molecule has 8 heteroatoms. The topological polar surface area (TPSA) is 61.8 Å². The number of nitrogens with one attached hydrogen (secondary N) is 2. The highest BCUT2D eigenvalue weighted by atomic mass is 127. The second-order valence-electron chi connectivity index (χ2n) is 6.07. The zero-order chi connectivity index (χ0) is 16.7. The van der Waals surface area contributed by atoms with Crippen LogP contribution in [0.3, 0.4) is 0 Å².